The van der Waals surface area contributed by atoms with E-state index < -0.39 is 29.6 Å². The molecule has 3 fully saturated rings. The van der Waals surface area contributed by atoms with Crippen molar-refractivity contribution in [3.05, 3.63) is 71.3 Å². The smallest absolute Gasteiger partial charge is 0.246 e. The quantitative estimate of drug-likeness (QED) is 0.336. The van der Waals surface area contributed by atoms with E-state index >= 15 is 0 Å². The molecule has 0 radical (unpaired) electrons. The minimum absolute atomic E-state index is 0.0274. The zero-order valence-corrected chi connectivity index (χ0v) is 25.1. The Labute approximate surface area is 250 Å². The first kappa shape index (κ1) is 28.3. The van der Waals surface area contributed by atoms with E-state index in [-0.39, 0.29) is 30.3 Å². The van der Waals surface area contributed by atoms with E-state index in [4.69, 9.17) is 16.3 Å². The fourth-order valence-corrected chi connectivity index (χ4v) is 7.78. The van der Waals surface area contributed by atoms with Gasteiger partial charge in [-0.1, -0.05) is 68.6 Å². The first-order valence-corrected chi connectivity index (χ1v) is 16.0. The van der Waals surface area contributed by atoms with Gasteiger partial charge in [0.25, 0.3) is 0 Å². The Hall–Kier alpha value is -2.81. The molecule has 1 spiro atoms. The van der Waals surface area contributed by atoms with Crippen molar-refractivity contribution in [2.75, 3.05) is 11.6 Å². The predicted molar refractivity (Wildman–Crippen MR) is 160 cm³/mol. The summed E-state index contributed by atoms with van der Waals surface area (Å²) in [7, 11) is 0. The van der Waals surface area contributed by atoms with Gasteiger partial charge >= 0.3 is 0 Å². The summed E-state index contributed by atoms with van der Waals surface area (Å²) in [4.78, 5) is 44.8. The van der Waals surface area contributed by atoms with Gasteiger partial charge in [0.1, 0.15) is 11.6 Å². The molecule has 2 N–H and O–H groups in total. The molecule has 8 unspecified atom stereocenters. The Kier molecular flexibility index (Phi) is 7.68. The number of hydrogen-bond acceptors (Lipinski definition) is 5. The summed E-state index contributed by atoms with van der Waals surface area (Å²) in [5.74, 6) is -1.45. The van der Waals surface area contributed by atoms with Crippen molar-refractivity contribution < 1.29 is 19.1 Å². The Bertz CT molecular complexity index is 1380. The van der Waals surface area contributed by atoms with Gasteiger partial charge in [0.2, 0.25) is 17.7 Å². The number of nitrogens with one attached hydrogen (secondary N) is 2. The molecule has 2 saturated heterocycles. The summed E-state index contributed by atoms with van der Waals surface area (Å²) >= 11 is 7.71. The van der Waals surface area contributed by atoms with E-state index in [9.17, 15) is 14.4 Å². The van der Waals surface area contributed by atoms with Crippen LogP contribution in [0, 0.1) is 23.7 Å². The molecule has 7 nitrogen and oxygen atoms in total. The molecular weight excluding hydrogens is 558 g/mol. The molecule has 2 aromatic rings. The van der Waals surface area contributed by atoms with Crippen LogP contribution in [-0.4, -0.2) is 52.7 Å². The minimum Gasteiger partial charge on any atom is -0.359 e. The maximum absolute atomic E-state index is 14.3. The molecule has 3 aliphatic heterocycles. The molecule has 2 aromatic carbocycles. The van der Waals surface area contributed by atoms with Gasteiger partial charge in [-0.05, 0) is 60.4 Å². The molecule has 9 heteroatoms. The first-order valence-electron chi connectivity index (χ1n) is 14.4. The van der Waals surface area contributed by atoms with Crippen LogP contribution in [-0.2, 0) is 25.7 Å². The predicted octanol–water partition coefficient (Wildman–Crippen LogP) is 5.29. The number of thioether (sulfide) groups is 1. The average Bonchev–Trinajstić information content (AvgIpc) is 3.60. The van der Waals surface area contributed by atoms with Gasteiger partial charge in [-0.2, -0.15) is 0 Å². The lowest BCUT2D eigenvalue weighted by molar-refractivity contribution is -0.142. The van der Waals surface area contributed by atoms with E-state index in [1.165, 1.54) is 0 Å². The number of rotatable bonds is 7. The highest BCUT2D eigenvalue weighted by Crippen LogP contribution is 2.55. The highest BCUT2D eigenvalue weighted by Gasteiger charge is 2.72. The summed E-state index contributed by atoms with van der Waals surface area (Å²) in [6.45, 7) is 4.63. The zero-order chi connectivity index (χ0) is 28.9. The highest BCUT2D eigenvalue weighted by molar-refractivity contribution is 7.98. The number of carbonyl (C=O) groups is 3. The van der Waals surface area contributed by atoms with Gasteiger partial charge in [0, 0.05) is 28.2 Å². The molecule has 1 saturated carbocycles. The Morgan fingerprint density at radius 1 is 1.12 bits per heavy atom. The van der Waals surface area contributed by atoms with Gasteiger partial charge < -0.3 is 20.3 Å². The average molecular weight is 594 g/mol. The molecule has 1 aliphatic carbocycles. The minimum atomic E-state index is -1.20. The summed E-state index contributed by atoms with van der Waals surface area (Å²) in [6.07, 6.45) is 8.22. The fraction of sp³-hybridized carbons (Fsp3) is 0.469. The number of ether oxygens (including phenoxy) is 1. The third kappa shape index (κ3) is 4.98. The van der Waals surface area contributed by atoms with Crippen LogP contribution in [0.15, 0.2) is 65.6 Å². The highest BCUT2D eigenvalue weighted by atomic mass is 35.5. The van der Waals surface area contributed by atoms with Gasteiger partial charge in [-0.15, -0.1) is 11.8 Å². The standard InChI is InChI=1S/C32H36ClN3O4S/c1-18-6-4-9-24(19(18)2)35-30(38)28-32-15-14-25(40-32)26(29(37)34-22-7-5-8-23(16-22)41-3)27(32)31(39)36(28)17-20-10-12-21(33)13-11-20/h5,7-8,10-16,18-19,24-28H,4,6,9,17H2,1-3H3,(H,34,37)(H,35,38). The molecule has 216 valence electrons. The van der Waals surface area contributed by atoms with Crippen LogP contribution in [0.25, 0.3) is 0 Å². The molecule has 3 heterocycles. The Morgan fingerprint density at radius 3 is 2.66 bits per heavy atom. The monoisotopic (exact) mass is 593 g/mol. The molecule has 0 aromatic heterocycles. The lowest BCUT2D eigenvalue weighted by atomic mass is 9.73. The van der Waals surface area contributed by atoms with E-state index in [0.717, 1.165) is 29.7 Å². The summed E-state index contributed by atoms with van der Waals surface area (Å²) < 4.78 is 6.51. The maximum atomic E-state index is 14.3. The largest absolute Gasteiger partial charge is 0.359 e. The molecule has 4 aliphatic rings. The van der Waals surface area contributed by atoms with Gasteiger partial charge in [0.15, 0.2) is 0 Å². The van der Waals surface area contributed by atoms with Crippen LogP contribution in [0.2, 0.25) is 5.02 Å². The van der Waals surface area contributed by atoms with E-state index in [1.807, 2.05) is 54.8 Å². The molecule has 3 amide bonds. The molecule has 6 rings (SSSR count). The number of hydrogen-bond donors (Lipinski definition) is 2. The van der Waals surface area contributed by atoms with Crippen LogP contribution in [0.5, 0.6) is 0 Å². The number of benzene rings is 2. The van der Waals surface area contributed by atoms with E-state index in [2.05, 4.69) is 24.5 Å². The van der Waals surface area contributed by atoms with Gasteiger partial charge in [0.05, 0.1) is 17.9 Å². The van der Waals surface area contributed by atoms with E-state index in [0.29, 0.717) is 22.5 Å². The zero-order valence-electron chi connectivity index (χ0n) is 23.5. The third-order valence-electron chi connectivity index (χ3n) is 9.56. The molecule has 41 heavy (non-hydrogen) atoms. The normalized spacial score (nSPS) is 33.6. The maximum Gasteiger partial charge on any atom is 0.246 e. The third-order valence-corrected chi connectivity index (χ3v) is 10.5. The van der Waals surface area contributed by atoms with Crippen LogP contribution < -0.4 is 10.6 Å². The Balaban J connectivity index is 1.32. The van der Waals surface area contributed by atoms with Gasteiger partial charge in [-0.3, -0.25) is 14.4 Å². The Morgan fingerprint density at radius 2 is 1.90 bits per heavy atom. The van der Waals surface area contributed by atoms with Crippen molar-refractivity contribution in [1.29, 1.82) is 0 Å². The summed E-state index contributed by atoms with van der Waals surface area (Å²) in [5.41, 5.74) is 0.316. The fourth-order valence-electron chi connectivity index (χ4n) is 7.20. The first-order chi connectivity index (χ1) is 19.7. The van der Waals surface area contributed by atoms with Crippen LogP contribution in [0.1, 0.15) is 38.7 Å². The van der Waals surface area contributed by atoms with Crippen molar-refractivity contribution in [2.24, 2.45) is 23.7 Å². The summed E-state index contributed by atoms with van der Waals surface area (Å²) in [5, 5.41) is 6.91. The van der Waals surface area contributed by atoms with E-state index in [1.54, 1.807) is 28.8 Å². The van der Waals surface area contributed by atoms with Crippen molar-refractivity contribution >= 4 is 46.8 Å². The number of nitrogens with zero attached hydrogens (tertiary/aromatic N) is 1. The second-order valence-electron chi connectivity index (χ2n) is 11.9. The van der Waals surface area contributed by atoms with Crippen molar-refractivity contribution in [3.8, 4) is 0 Å². The number of carbonyl (C=O) groups excluding carboxylic acids is 3. The number of likely N-dealkylation sites (tertiary alicyclic amines) is 1. The van der Waals surface area contributed by atoms with Crippen molar-refractivity contribution in [1.82, 2.24) is 10.2 Å². The second kappa shape index (κ2) is 11.1. The molecular formula is C32H36ClN3O4S. The molecule has 8 atom stereocenters. The lowest BCUT2D eigenvalue weighted by Crippen LogP contribution is -2.57. The number of amides is 3. The number of halogens is 1. The molecule has 2 bridgehead atoms. The summed E-state index contributed by atoms with van der Waals surface area (Å²) in [6, 6.07) is 14.0. The van der Waals surface area contributed by atoms with Crippen LogP contribution in [0.4, 0.5) is 5.69 Å². The SMILES string of the molecule is CSc1cccc(NC(=O)C2C3C=CC4(O3)C2C(=O)N(Cc2ccc(Cl)cc2)C4C(=O)NC2CCCC(C)C2C)c1. The van der Waals surface area contributed by atoms with Gasteiger partial charge in [-0.25, -0.2) is 0 Å². The number of anilines is 1. The number of fused-ring (bicyclic) bond motifs is 1. The lowest BCUT2D eigenvalue weighted by Gasteiger charge is -2.38. The van der Waals surface area contributed by atoms with Crippen molar-refractivity contribution in [3.63, 3.8) is 0 Å². The topological polar surface area (TPSA) is 87.7 Å². The van der Waals surface area contributed by atoms with Crippen molar-refractivity contribution in [2.45, 2.75) is 68.3 Å². The van der Waals surface area contributed by atoms with Crippen LogP contribution >= 0.6 is 23.4 Å². The second-order valence-corrected chi connectivity index (χ2v) is 13.2. The van der Waals surface area contributed by atoms with Crippen LogP contribution in [0.3, 0.4) is 0 Å².